The number of rotatable bonds is 8. The summed E-state index contributed by atoms with van der Waals surface area (Å²) >= 11 is 0. The zero-order valence-electron chi connectivity index (χ0n) is 17.7. The average Bonchev–Trinajstić information content (AvgIpc) is 2.72. The van der Waals surface area contributed by atoms with Gasteiger partial charge in [-0.1, -0.05) is 37.3 Å². The smallest absolute Gasteiger partial charge is 0.223 e. The highest BCUT2D eigenvalue weighted by atomic mass is 35.5. The maximum Gasteiger partial charge on any atom is 0.223 e. The number of benzene rings is 1. The van der Waals surface area contributed by atoms with Gasteiger partial charge in [-0.15, -0.1) is 24.8 Å². The SMILES string of the molecule is CCCN(CCC(=O)N1CCNCC1)C1CCCN(Cc2ccccc2)C1.Cl.Cl. The van der Waals surface area contributed by atoms with Crippen molar-refractivity contribution in [2.45, 2.75) is 45.2 Å². The van der Waals surface area contributed by atoms with Gasteiger partial charge < -0.3 is 10.2 Å². The van der Waals surface area contributed by atoms with E-state index in [9.17, 15) is 4.79 Å². The van der Waals surface area contributed by atoms with E-state index in [1.54, 1.807) is 0 Å². The molecule has 1 atom stereocenters. The Labute approximate surface area is 189 Å². The molecule has 0 radical (unpaired) electrons. The standard InChI is InChI=1S/C22H36N4O.2ClH/c1-2-13-25(15-10-22(27)26-16-11-23-12-17-26)21-9-6-14-24(19-21)18-20-7-4-3-5-8-20;;/h3-5,7-8,21,23H,2,6,9-19H2,1H3;2*1H. The van der Waals surface area contributed by atoms with Gasteiger partial charge in [0.25, 0.3) is 0 Å². The Morgan fingerprint density at radius 1 is 1.10 bits per heavy atom. The molecule has 5 nitrogen and oxygen atoms in total. The Morgan fingerprint density at radius 2 is 1.83 bits per heavy atom. The molecule has 1 amide bonds. The molecule has 1 aromatic rings. The van der Waals surface area contributed by atoms with Crippen molar-refractivity contribution in [2.75, 3.05) is 52.4 Å². The van der Waals surface area contributed by atoms with E-state index in [4.69, 9.17) is 0 Å². The lowest BCUT2D eigenvalue weighted by molar-refractivity contribution is -0.132. The summed E-state index contributed by atoms with van der Waals surface area (Å²) in [5.74, 6) is 0.328. The summed E-state index contributed by atoms with van der Waals surface area (Å²) in [6, 6.07) is 11.4. The fourth-order valence-electron chi connectivity index (χ4n) is 4.39. The van der Waals surface area contributed by atoms with E-state index in [-0.39, 0.29) is 24.8 Å². The van der Waals surface area contributed by atoms with Crippen molar-refractivity contribution in [3.63, 3.8) is 0 Å². The minimum atomic E-state index is 0. The second kappa shape index (κ2) is 14.2. The van der Waals surface area contributed by atoms with Crippen LogP contribution in [0.2, 0.25) is 0 Å². The van der Waals surface area contributed by atoms with Crippen molar-refractivity contribution in [1.29, 1.82) is 0 Å². The quantitative estimate of drug-likeness (QED) is 0.668. The van der Waals surface area contributed by atoms with Crippen molar-refractivity contribution in [2.24, 2.45) is 0 Å². The van der Waals surface area contributed by atoms with Gasteiger partial charge in [-0.3, -0.25) is 14.6 Å². The Balaban J connectivity index is 0.00000210. The zero-order chi connectivity index (χ0) is 18.9. The molecule has 0 aliphatic carbocycles. The number of carbonyl (C=O) groups excluding carboxylic acids is 1. The molecule has 1 N–H and O–H groups in total. The van der Waals surface area contributed by atoms with Crippen LogP contribution < -0.4 is 5.32 Å². The highest BCUT2D eigenvalue weighted by Gasteiger charge is 2.26. The van der Waals surface area contributed by atoms with Gasteiger partial charge >= 0.3 is 0 Å². The minimum absolute atomic E-state index is 0. The number of carbonyl (C=O) groups is 1. The monoisotopic (exact) mass is 444 g/mol. The number of amides is 1. The Kier molecular flexibility index (Phi) is 12.8. The molecule has 2 aliphatic rings. The molecule has 1 unspecified atom stereocenters. The van der Waals surface area contributed by atoms with Crippen molar-refractivity contribution in [3.8, 4) is 0 Å². The lowest BCUT2D eigenvalue weighted by Crippen LogP contribution is -2.50. The highest BCUT2D eigenvalue weighted by Crippen LogP contribution is 2.19. The van der Waals surface area contributed by atoms with Crippen LogP contribution >= 0.6 is 24.8 Å². The molecule has 0 saturated carbocycles. The fraction of sp³-hybridized carbons (Fsp3) is 0.682. The van der Waals surface area contributed by atoms with Crippen LogP contribution in [0.1, 0.15) is 38.2 Å². The Bertz CT molecular complexity index is 569. The average molecular weight is 445 g/mol. The second-order valence-electron chi connectivity index (χ2n) is 7.93. The maximum absolute atomic E-state index is 12.6. The van der Waals surface area contributed by atoms with Gasteiger partial charge in [0.1, 0.15) is 0 Å². The number of piperidine rings is 1. The van der Waals surface area contributed by atoms with Crippen molar-refractivity contribution >= 4 is 30.7 Å². The van der Waals surface area contributed by atoms with Crippen molar-refractivity contribution in [3.05, 3.63) is 35.9 Å². The molecular weight excluding hydrogens is 407 g/mol. The van der Waals surface area contributed by atoms with Crippen LogP contribution in [0.3, 0.4) is 0 Å². The summed E-state index contributed by atoms with van der Waals surface area (Å²) in [4.78, 5) is 19.8. The first kappa shape index (κ1) is 26.2. The van der Waals surface area contributed by atoms with Crippen LogP contribution in [0.5, 0.6) is 0 Å². The summed E-state index contributed by atoms with van der Waals surface area (Å²) in [6.45, 7) is 11.2. The molecule has 1 aromatic carbocycles. The van der Waals surface area contributed by atoms with Gasteiger partial charge in [-0.2, -0.15) is 0 Å². The largest absolute Gasteiger partial charge is 0.340 e. The van der Waals surface area contributed by atoms with Crippen LogP contribution in [0.15, 0.2) is 30.3 Å². The van der Waals surface area contributed by atoms with E-state index >= 15 is 0 Å². The third kappa shape index (κ3) is 8.42. The van der Waals surface area contributed by atoms with Gasteiger partial charge in [0.15, 0.2) is 0 Å². The normalized spacial score (nSPS) is 20.1. The van der Waals surface area contributed by atoms with Crippen LogP contribution in [0, 0.1) is 0 Å². The van der Waals surface area contributed by atoms with Crippen molar-refractivity contribution < 1.29 is 4.79 Å². The predicted octanol–water partition coefficient (Wildman–Crippen LogP) is 3.03. The number of likely N-dealkylation sites (tertiary alicyclic amines) is 1. The van der Waals surface area contributed by atoms with E-state index in [1.807, 2.05) is 4.90 Å². The summed E-state index contributed by atoms with van der Waals surface area (Å²) in [5, 5.41) is 3.32. The fourth-order valence-corrected chi connectivity index (χ4v) is 4.39. The predicted molar refractivity (Wildman–Crippen MR) is 125 cm³/mol. The number of nitrogens with zero attached hydrogens (tertiary/aromatic N) is 3. The maximum atomic E-state index is 12.6. The Morgan fingerprint density at radius 3 is 2.52 bits per heavy atom. The third-order valence-corrected chi connectivity index (χ3v) is 5.84. The molecule has 2 fully saturated rings. The van der Waals surface area contributed by atoms with Gasteiger partial charge in [-0.25, -0.2) is 0 Å². The molecule has 2 aliphatic heterocycles. The van der Waals surface area contributed by atoms with E-state index < -0.39 is 0 Å². The third-order valence-electron chi connectivity index (χ3n) is 5.84. The lowest BCUT2D eigenvalue weighted by Gasteiger charge is -2.39. The molecule has 2 saturated heterocycles. The molecule has 0 spiro atoms. The number of halogens is 2. The van der Waals surface area contributed by atoms with Gasteiger partial charge in [0.2, 0.25) is 5.91 Å². The lowest BCUT2D eigenvalue weighted by atomic mass is 10.0. The first-order valence-corrected chi connectivity index (χ1v) is 10.7. The van der Waals surface area contributed by atoms with Crippen LogP contribution in [-0.2, 0) is 11.3 Å². The van der Waals surface area contributed by atoms with Gasteiger partial charge in [-0.05, 0) is 37.9 Å². The van der Waals surface area contributed by atoms with E-state index in [0.29, 0.717) is 18.4 Å². The van der Waals surface area contributed by atoms with E-state index in [0.717, 1.165) is 58.8 Å². The molecule has 29 heavy (non-hydrogen) atoms. The van der Waals surface area contributed by atoms with Gasteiger partial charge in [0, 0.05) is 58.3 Å². The molecule has 0 bridgehead atoms. The summed E-state index contributed by atoms with van der Waals surface area (Å²) in [6.07, 6.45) is 4.32. The van der Waals surface area contributed by atoms with Crippen LogP contribution in [0.25, 0.3) is 0 Å². The molecular formula is C22H38Cl2N4O. The van der Waals surface area contributed by atoms with Crippen LogP contribution in [-0.4, -0.2) is 79.0 Å². The minimum Gasteiger partial charge on any atom is -0.340 e. The summed E-state index contributed by atoms with van der Waals surface area (Å²) < 4.78 is 0. The number of piperazine rings is 1. The van der Waals surface area contributed by atoms with Gasteiger partial charge in [0.05, 0.1) is 0 Å². The first-order valence-electron chi connectivity index (χ1n) is 10.7. The van der Waals surface area contributed by atoms with Crippen LogP contribution in [0.4, 0.5) is 0 Å². The number of hydrogen-bond acceptors (Lipinski definition) is 4. The Hall–Kier alpha value is -0.850. The zero-order valence-corrected chi connectivity index (χ0v) is 19.4. The van der Waals surface area contributed by atoms with E-state index in [1.165, 1.54) is 24.9 Å². The summed E-state index contributed by atoms with van der Waals surface area (Å²) in [7, 11) is 0. The first-order chi connectivity index (χ1) is 13.3. The topological polar surface area (TPSA) is 38.8 Å². The van der Waals surface area contributed by atoms with E-state index in [2.05, 4.69) is 52.4 Å². The molecule has 2 heterocycles. The second-order valence-corrected chi connectivity index (χ2v) is 7.93. The number of hydrogen-bond donors (Lipinski definition) is 1. The highest BCUT2D eigenvalue weighted by molar-refractivity contribution is 5.85. The molecule has 7 heteroatoms. The number of nitrogens with one attached hydrogen (secondary N) is 1. The molecule has 166 valence electrons. The van der Waals surface area contributed by atoms with Crippen molar-refractivity contribution in [1.82, 2.24) is 20.0 Å². The molecule has 3 rings (SSSR count). The summed E-state index contributed by atoms with van der Waals surface area (Å²) in [5.41, 5.74) is 1.40. The molecule has 0 aromatic heterocycles.